The van der Waals surface area contributed by atoms with E-state index in [-0.39, 0.29) is 5.56 Å². The molecule has 0 spiro atoms. The summed E-state index contributed by atoms with van der Waals surface area (Å²) in [6.45, 7) is 4.13. The fourth-order valence-electron chi connectivity index (χ4n) is 1.99. The zero-order valence-electron chi connectivity index (χ0n) is 9.89. The fraction of sp³-hybridized carbons (Fsp3) is 0.308. The van der Waals surface area contributed by atoms with Gasteiger partial charge in [0.1, 0.15) is 11.4 Å². The van der Waals surface area contributed by atoms with Crippen LogP contribution < -0.4 is 0 Å². The van der Waals surface area contributed by atoms with Crippen LogP contribution in [-0.2, 0) is 12.1 Å². The summed E-state index contributed by atoms with van der Waals surface area (Å²) in [6.07, 6.45) is 1.61. The molecule has 3 nitrogen and oxygen atoms in total. The predicted molar refractivity (Wildman–Crippen MR) is 63.0 cm³/mol. The maximum atomic E-state index is 13.7. The van der Waals surface area contributed by atoms with E-state index >= 15 is 0 Å². The minimum absolute atomic E-state index is 0.259. The Hall–Kier alpha value is -1.68. The van der Waals surface area contributed by atoms with E-state index in [1.165, 1.54) is 6.07 Å². The molecule has 17 heavy (non-hydrogen) atoms. The molecule has 1 aromatic carbocycles. The number of aliphatic hydroxyl groups is 1. The molecular weight excluding hydrogens is 219 g/mol. The van der Waals surface area contributed by atoms with Crippen molar-refractivity contribution in [1.82, 2.24) is 9.78 Å². The number of hydrogen-bond acceptors (Lipinski definition) is 2. The van der Waals surface area contributed by atoms with Gasteiger partial charge < -0.3 is 5.11 Å². The number of nitrogens with zero attached hydrogens (tertiary/aromatic N) is 2. The van der Waals surface area contributed by atoms with Crippen molar-refractivity contribution in [2.75, 3.05) is 0 Å². The third kappa shape index (κ3) is 1.96. The number of rotatable bonds is 3. The van der Waals surface area contributed by atoms with Crippen LogP contribution in [0.2, 0.25) is 0 Å². The highest BCUT2D eigenvalue weighted by atomic mass is 19.1. The molecule has 2 aromatic rings. The Bertz CT molecular complexity index is 520. The van der Waals surface area contributed by atoms with Gasteiger partial charge in [0.25, 0.3) is 0 Å². The van der Waals surface area contributed by atoms with Crippen molar-refractivity contribution in [3.05, 3.63) is 53.6 Å². The number of aromatic nitrogens is 2. The standard InChI is InChI=1S/C13H15FN2O/c1-3-16-12(8-9-15-16)13(2,17)10-6-4-5-7-11(10)14/h4-9,17H,3H2,1-2H3. The number of benzene rings is 1. The summed E-state index contributed by atoms with van der Waals surface area (Å²) in [5.74, 6) is -0.415. The Morgan fingerprint density at radius 2 is 2.06 bits per heavy atom. The molecule has 0 saturated carbocycles. The van der Waals surface area contributed by atoms with Crippen LogP contribution in [0.4, 0.5) is 4.39 Å². The predicted octanol–water partition coefficient (Wildman–Crippen LogP) is 2.30. The van der Waals surface area contributed by atoms with Gasteiger partial charge in [-0.25, -0.2) is 4.39 Å². The molecule has 0 bridgehead atoms. The van der Waals surface area contributed by atoms with Crippen LogP contribution >= 0.6 is 0 Å². The first-order valence-electron chi connectivity index (χ1n) is 5.57. The van der Waals surface area contributed by atoms with Crippen molar-refractivity contribution in [3.8, 4) is 0 Å². The molecular formula is C13H15FN2O. The second kappa shape index (κ2) is 4.30. The zero-order chi connectivity index (χ0) is 12.5. The normalized spacial score (nSPS) is 14.6. The first-order chi connectivity index (χ1) is 8.07. The van der Waals surface area contributed by atoms with Crippen molar-refractivity contribution in [2.24, 2.45) is 0 Å². The summed E-state index contributed by atoms with van der Waals surface area (Å²) in [6, 6.07) is 7.94. The van der Waals surface area contributed by atoms with E-state index in [1.54, 1.807) is 42.1 Å². The lowest BCUT2D eigenvalue weighted by Crippen LogP contribution is -2.28. The molecule has 1 unspecified atom stereocenters. The molecule has 0 aliphatic rings. The second-order valence-corrected chi connectivity index (χ2v) is 4.08. The van der Waals surface area contributed by atoms with Crippen LogP contribution in [0, 0.1) is 5.82 Å². The van der Waals surface area contributed by atoms with Gasteiger partial charge in [0.2, 0.25) is 0 Å². The van der Waals surface area contributed by atoms with Crippen molar-refractivity contribution < 1.29 is 9.50 Å². The van der Waals surface area contributed by atoms with Gasteiger partial charge in [-0.3, -0.25) is 4.68 Å². The summed E-state index contributed by atoms with van der Waals surface area (Å²) in [5, 5.41) is 14.6. The Morgan fingerprint density at radius 3 is 2.71 bits per heavy atom. The van der Waals surface area contributed by atoms with Gasteiger partial charge in [-0.05, 0) is 26.0 Å². The van der Waals surface area contributed by atoms with Gasteiger partial charge in [-0.15, -0.1) is 0 Å². The van der Waals surface area contributed by atoms with E-state index in [9.17, 15) is 9.50 Å². The summed E-state index contributed by atoms with van der Waals surface area (Å²) in [5.41, 5.74) is -0.530. The second-order valence-electron chi connectivity index (χ2n) is 4.08. The third-order valence-corrected chi connectivity index (χ3v) is 2.91. The van der Waals surface area contributed by atoms with Gasteiger partial charge in [0.05, 0.1) is 5.69 Å². The number of halogens is 1. The van der Waals surface area contributed by atoms with E-state index in [2.05, 4.69) is 5.10 Å². The minimum atomic E-state index is -1.38. The monoisotopic (exact) mass is 234 g/mol. The van der Waals surface area contributed by atoms with E-state index in [0.717, 1.165) is 0 Å². The van der Waals surface area contributed by atoms with E-state index < -0.39 is 11.4 Å². The first kappa shape index (κ1) is 11.8. The van der Waals surface area contributed by atoms with E-state index in [1.807, 2.05) is 6.92 Å². The molecule has 0 amide bonds. The van der Waals surface area contributed by atoms with Crippen molar-refractivity contribution in [2.45, 2.75) is 26.0 Å². The topological polar surface area (TPSA) is 38.0 Å². The highest BCUT2D eigenvalue weighted by molar-refractivity contribution is 5.32. The lowest BCUT2D eigenvalue weighted by atomic mass is 9.92. The Labute approximate surface area is 99.5 Å². The smallest absolute Gasteiger partial charge is 0.131 e. The molecule has 2 rings (SSSR count). The summed E-state index contributed by atoms with van der Waals surface area (Å²) >= 11 is 0. The molecule has 4 heteroatoms. The van der Waals surface area contributed by atoms with Crippen LogP contribution in [0.25, 0.3) is 0 Å². The highest BCUT2D eigenvalue weighted by Gasteiger charge is 2.31. The first-order valence-corrected chi connectivity index (χ1v) is 5.57. The summed E-state index contributed by atoms with van der Waals surface area (Å²) < 4.78 is 15.4. The third-order valence-electron chi connectivity index (χ3n) is 2.91. The summed E-state index contributed by atoms with van der Waals surface area (Å²) in [4.78, 5) is 0. The Morgan fingerprint density at radius 1 is 1.35 bits per heavy atom. The lowest BCUT2D eigenvalue weighted by molar-refractivity contribution is 0.0877. The van der Waals surface area contributed by atoms with Crippen molar-refractivity contribution in [1.29, 1.82) is 0 Å². The molecule has 1 aromatic heterocycles. The Kier molecular flexibility index (Phi) is 2.98. The van der Waals surface area contributed by atoms with Crippen LogP contribution in [0.1, 0.15) is 25.1 Å². The van der Waals surface area contributed by atoms with E-state index in [0.29, 0.717) is 12.2 Å². The minimum Gasteiger partial charge on any atom is -0.379 e. The molecule has 0 saturated heterocycles. The fourth-order valence-corrected chi connectivity index (χ4v) is 1.99. The number of aryl methyl sites for hydroxylation is 1. The lowest BCUT2D eigenvalue weighted by Gasteiger charge is -2.25. The average Bonchev–Trinajstić information content (AvgIpc) is 2.78. The summed E-state index contributed by atoms with van der Waals surface area (Å²) in [7, 11) is 0. The largest absolute Gasteiger partial charge is 0.379 e. The van der Waals surface area contributed by atoms with Gasteiger partial charge >= 0.3 is 0 Å². The molecule has 1 heterocycles. The van der Waals surface area contributed by atoms with Gasteiger partial charge in [0.15, 0.2) is 0 Å². The maximum absolute atomic E-state index is 13.7. The maximum Gasteiger partial charge on any atom is 0.131 e. The molecule has 90 valence electrons. The molecule has 0 aliphatic carbocycles. The Balaban J connectivity index is 2.53. The zero-order valence-corrected chi connectivity index (χ0v) is 9.89. The van der Waals surface area contributed by atoms with Crippen molar-refractivity contribution in [3.63, 3.8) is 0 Å². The molecule has 1 N–H and O–H groups in total. The van der Waals surface area contributed by atoms with Crippen LogP contribution in [-0.4, -0.2) is 14.9 Å². The molecule has 0 radical (unpaired) electrons. The molecule has 1 atom stereocenters. The van der Waals surface area contributed by atoms with Gasteiger partial charge in [0, 0.05) is 18.3 Å². The van der Waals surface area contributed by atoms with Crippen LogP contribution in [0.3, 0.4) is 0 Å². The van der Waals surface area contributed by atoms with Gasteiger partial charge in [-0.1, -0.05) is 18.2 Å². The SMILES string of the molecule is CCn1nccc1C(C)(O)c1ccccc1F. The quantitative estimate of drug-likeness (QED) is 0.884. The van der Waals surface area contributed by atoms with Crippen LogP contribution in [0.15, 0.2) is 36.5 Å². The highest BCUT2D eigenvalue weighted by Crippen LogP contribution is 2.30. The van der Waals surface area contributed by atoms with Crippen molar-refractivity contribution >= 4 is 0 Å². The van der Waals surface area contributed by atoms with Crippen LogP contribution in [0.5, 0.6) is 0 Å². The average molecular weight is 234 g/mol. The molecule has 0 aliphatic heterocycles. The number of hydrogen-bond donors (Lipinski definition) is 1. The molecule has 0 fully saturated rings. The van der Waals surface area contributed by atoms with Gasteiger partial charge in [-0.2, -0.15) is 5.10 Å². The van der Waals surface area contributed by atoms with E-state index in [4.69, 9.17) is 0 Å².